The number of nitrogens with zero attached hydrogens (tertiary/aromatic N) is 1. The first-order chi connectivity index (χ1) is 11.5. The van der Waals surface area contributed by atoms with Crippen LogP contribution in [0.4, 0.5) is 4.39 Å². The predicted octanol–water partition coefficient (Wildman–Crippen LogP) is 3.82. The molecule has 7 heteroatoms. The second-order valence-electron chi connectivity index (χ2n) is 5.31. The van der Waals surface area contributed by atoms with Crippen LogP contribution in [0.5, 0.6) is 0 Å². The van der Waals surface area contributed by atoms with Crippen LogP contribution in [0.1, 0.15) is 21.3 Å². The van der Waals surface area contributed by atoms with Crippen molar-refractivity contribution in [3.05, 3.63) is 70.5 Å². The highest BCUT2D eigenvalue weighted by atomic mass is 35.5. The molecule has 1 aliphatic rings. The van der Waals surface area contributed by atoms with Crippen molar-refractivity contribution >= 4 is 35.2 Å². The van der Waals surface area contributed by atoms with E-state index in [-0.39, 0.29) is 11.6 Å². The summed E-state index contributed by atoms with van der Waals surface area (Å²) in [6.45, 7) is 0. The zero-order chi connectivity index (χ0) is 17.3. The third-order valence-electron chi connectivity index (χ3n) is 3.77. The van der Waals surface area contributed by atoms with Crippen LogP contribution < -0.4 is 0 Å². The molecule has 1 heterocycles. The van der Waals surface area contributed by atoms with E-state index in [4.69, 9.17) is 11.6 Å². The smallest absolute Gasteiger partial charge is 0.327 e. The van der Waals surface area contributed by atoms with Crippen molar-refractivity contribution in [1.82, 2.24) is 4.90 Å². The van der Waals surface area contributed by atoms with Gasteiger partial charge in [0.05, 0.1) is 0 Å². The summed E-state index contributed by atoms with van der Waals surface area (Å²) in [5.74, 6) is -1.56. The first kappa shape index (κ1) is 16.8. The summed E-state index contributed by atoms with van der Waals surface area (Å²) in [6.07, 6.45) is 0. The Morgan fingerprint density at radius 3 is 2.33 bits per heavy atom. The second-order valence-corrected chi connectivity index (χ2v) is 6.86. The fraction of sp³-hybridized carbons (Fsp3) is 0.176. The number of carboxylic acid groups (broad SMARTS) is 1. The van der Waals surface area contributed by atoms with E-state index in [1.807, 2.05) is 0 Å². The van der Waals surface area contributed by atoms with Crippen LogP contribution in [0, 0.1) is 5.82 Å². The van der Waals surface area contributed by atoms with Gasteiger partial charge in [0.25, 0.3) is 5.91 Å². The molecule has 2 atom stereocenters. The first-order valence-electron chi connectivity index (χ1n) is 7.15. The molecule has 4 nitrogen and oxygen atoms in total. The van der Waals surface area contributed by atoms with E-state index in [2.05, 4.69) is 0 Å². The van der Waals surface area contributed by atoms with Crippen molar-refractivity contribution in [3.8, 4) is 0 Å². The van der Waals surface area contributed by atoms with Crippen molar-refractivity contribution in [2.45, 2.75) is 11.4 Å². The van der Waals surface area contributed by atoms with Crippen LogP contribution >= 0.6 is 23.4 Å². The molecule has 0 bridgehead atoms. The number of hydrogen-bond acceptors (Lipinski definition) is 3. The molecular formula is C17H13ClFNO3S. The van der Waals surface area contributed by atoms with E-state index in [9.17, 15) is 19.1 Å². The van der Waals surface area contributed by atoms with Crippen LogP contribution in [0.3, 0.4) is 0 Å². The number of carboxylic acids is 1. The molecule has 1 saturated heterocycles. The molecule has 0 unspecified atom stereocenters. The average Bonchev–Trinajstić information content (AvgIpc) is 3.01. The molecule has 24 heavy (non-hydrogen) atoms. The zero-order valence-corrected chi connectivity index (χ0v) is 13.9. The van der Waals surface area contributed by atoms with Crippen LogP contribution in [0.2, 0.25) is 5.02 Å². The largest absolute Gasteiger partial charge is 0.480 e. The van der Waals surface area contributed by atoms with E-state index in [0.717, 1.165) is 0 Å². The lowest BCUT2D eigenvalue weighted by Gasteiger charge is -2.27. The minimum Gasteiger partial charge on any atom is -0.480 e. The van der Waals surface area contributed by atoms with E-state index < -0.39 is 23.3 Å². The zero-order valence-electron chi connectivity index (χ0n) is 12.4. The standard InChI is InChI=1S/C17H13ClFNO3S/c18-12-5-1-10(2-6-12)15(21)20-14(17(22)23)9-24-16(20)11-3-7-13(19)8-4-11/h1-8,14,16H,9H2,(H,22,23)/t14-,16-/m0/s1. The quantitative estimate of drug-likeness (QED) is 0.898. The van der Waals surface area contributed by atoms with Crippen molar-refractivity contribution < 1.29 is 19.1 Å². The number of amides is 1. The first-order valence-corrected chi connectivity index (χ1v) is 8.58. The third-order valence-corrected chi connectivity index (χ3v) is 5.34. The second kappa shape index (κ2) is 6.83. The number of thioether (sulfide) groups is 1. The summed E-state index contributed by atoms with van der Waals surface area (Å²) in [4.78, 5) is 25.7. The Morgan fingerprint density at radius 1 is 1.12 bits per heavy atom. The number of carbonyl (C=O) groups excluding carboxylic acids is 1. The van der Waals surface area contributed by atoms with Gasteiger partial charge in [-0.3, -0.25) is 4.79 Å². The topological polar surface area (TPSA) is 57.6 Å². The van der Waals surface area contributed by atoms with Crippen molar-refractivity contribution in [3.63, 3.8) is 0 Å². The van der Waals surface area contributed by atoms with Crippen molar-refractivity contribution in [2.24, 2.45) is 0 Å². The van der Waals surface area contributed by atoms with E-state index in [0.29, 0.717) is 16.1 Å². The maximum absolute atomic E-state index is 13.1. The number of carbonyl (C=O) groups is 2. The van der Waals surface area contributed by atoms with Gasteiger partial charge in [-0.1, -0.05) is 23.7 Å². The molecule has 1 fully saturated rings. The van der Waals surface area contributed by atoms with E-state index in [1.165, 1.54) is 28.8 Å². The molecule has 0 aromatic heterocycles. The van der Waals surface area contributed by atoms with Gasteiger partial charge in [-0.2, -0.15) is 0 Å². The third kappa shape index (κ3) is 3.25. The maximum Gasteiger partial charge on any atom is 0.327 e. The molecule has 0 saturated carbocycles. The summed E-state index contributed by atoms with van der Waals surface area (Å²) in [5.41, 5.74) is 1.05. The molecule has 1 amide bonds. The Bertz CT molecular complexity index is 766. The number of benzene rings is 2. The maximum atomic E-state index is 13.1. The molecule has 2 aromatic carbocycles. The van der Waals surface area contributed by atoms with Crippen LogP contribution in [0.15, 0.2) is 48.5 Å². The minimum absolute atomic E-state index is 0.275. The van der Waals surface area contributed by atoms with Gasteiger partial charge in [0, 0.05) is 16.3 Å². The molecule has 3 rings (SSSR count). The van der Waals surface area contributed by atoms with Gasteiger partial charge < -0.3 is 10.0 Å². The summed E-state index contributed by atoms with van der Waals surface area (Å²) in [7, 11) is 0. The molecule has 0 aliphatic carbocycles. The highest BCUT2D eigenvalue weighted by Gasteiger charge is 2.42. The predicted molar refractivity (Wildman–Crippen MR) is 90.6 cm³/mol. The normalized spacial score (nSPS) is 20.2. The van der Waals surface area contributed by atoms with Gasteiger partial charge in [0.15, 0.2) is 0 Å². The molecule has 0 spiro atoms. The Hall–Kier alpha value is -2.05. The monoisotopic (exact) mass is 365 g/mol. The van der Waals surface area contributed by atoms with E-state index >= 15 is 0 Å². The minimum atomic E-state index is -1.06. The Morgan fingerprint density at radius 2 is 1.75 bits per heavy atom. The van der Waals surface area contributed by atoms with Crippen molar-refractivity contribution in [1.29, 1.82) is 0 Å². The van der Waals surface area contributed by atoms with Gasteiger partial charge in [-0.05, 0) is 42.0 Å². The van der Waals surface area contributed by atoms with Crippen molar-refractivity contribution in [2.75, 3.05) is 5.75 Å². The molecule has 0 radical (unpaired) electrons. The Labute approximate surface area is 147 Å². The fourth-order valence-electron chi connectivity index (χ4n) is 2.57. The number of hydrogen-bond donors (Lipinski definition) is 1. The highest BCUT2D eigenvalue weighted by molar-refractivity contribution is 7.99. The Balaban J connectivity index is 1.97. The SMILES string of the molecule is O=C(O)[C@@H]1CS[C@@H](c2ccc(F)cc2)N1C(=O)c1ccc(Cl)cc1. The lowest BCUT2D eigenvalue weighted by Crippen LogP contribution is -2.42. The lowest BCUT2D eigenvalue weighted by molar-refractivity contribution is -0.141. The van der Waals surface area contributed by atoms with Crippen LogP contribution in [-0.2, 0) is 4.79 Å². The number of halogens is 2. The summed E-state index contributed by atoms with van der Waals surface area (Å²) in [6, 6.07) is 11.1. The highest BCUT2D eigenvalue weighted by Crippen LogP contribution is 2.42. The molecule has 124 valence electrons. The number of rotatable bonds is 3. The molecule has 2 aromatic rings. The van der Waals surface area contributed by atoms with Gasteiger partial charge in [-0.25, -0.2) is 9.18 Å². The van der Waals surface area contributed by atoms with Crippen LogP contribution in [0.25, 0.3) is 0 Å². The Kier molecular flexibility index (Phi) is 4.78. The molecular weight excluding hydrogens is 353 g/mol. The molecule has 1 aliphatic heterocycles. The fourth-order valence-corrected chi connectivity index (χ4v) is 4.12. The van der Waals surface area contributed by atoms with Gasteiger partial charge in [-0.15, -0.1) is 11.8 Å². The van der Waals surface area contributed by atoms with Gasteiger partial charge in [0.2, 0.25) is 0 Å². The average molecular weight is 366 g/mol. The van der Waals surface area contributed by atoms with Crippen LogP contribution in [-0.4, -0.2) is 33.7 Å². The summed E-state index contributed by atoms with van der Waals surface area (Å²) < 4.78 is 13.1. The molecule has 1 N–H and O–H groups in total. The summed E-state index contributed by atoms with van der Waals surface area (Å²) >= 11 is 7.18. The number of aliphatic carboxylic acids is 1. The van der Waals surface area contributed by atoms with Gasteiger partial charge in [0.1, 0.15) is 17.2 Å². The van der Waals surface area contributed by atoms with Gasteiger partial charge >= 0.3 is 5.97 Å². The lowest BCUT2D eigenvalue weighted by atomic mass is 10.1. The summed E-state index contributed by atoms with van der Waals surface area (Å²) in [5, 5.41) is 9.46. The van der Waals surface area contributed by atoms with E-state index in [1.54, 1.807) is 36.4 Å².